The molecule has 6 heteroatoms. The minimum Gasteiger partial charge on any atom is -0.348 e. The molecule has 2 aromatic rings. The van der Waals surface area contributed by atoms with Gasteiger partial charge in [-0.3, -0.25) is 9.48 Å². The lowest BCUT2D eigenvalue weighted by Crippen LogP contribution is -2.35. The van der Waals surface area contributed by atoms with E-state index in [-0.39, 0.29) is 17.5 Å². The summed E-state index contributed by atoms with van der Waals surface area (Å²) < 4.78 is 14.6. The van der Waals surface area contributed by atoms with Crippen LogP contribution in [0.3, 0.4) is 0 Å². The van der Waals surface area contributed by atoms with Gasteiger partial charge in [0.15, 0.2) is 0 Å². The second-order valence-corrected chi connectivity index (χ2v) is 3.97. The molecular weight excluding hydrogens is 235 g/mol. The van der Waals surface area contributed by atoms with Crippen LogP contribution in [0.1, 0.15) is 17.3 Å². The Kier molecular flexibility index (Phi) is 3.66. The third kappa shape index (κ3) is 3.13. The standard InChI is InChI=1S/C12H13FN4O/c1-9(8-17-6-2-4-15-17)16-12(18)10-3-5-14-11(13)7-10/h2-7,9H,8H2,1H3,(H,16,18). The highest BCUT2D eigenvalue weighted by molar-refractivity contribution is 5.94. The maximum absolute atomic E-state index is 12.9. The topological polar surface area (TPSA) is 59.8 Å². The van der Waals surface area contributed by atoms with Gasteiger partial charge in [0, 0.05) is 36.3 Å². The van der Waals surface area contributed by atoms with Gasteiger partial charge in [0.2, 0.25) is 5.95 Å². The number of pyridine rings is 1. The molecule has 0 bridgehead atoms. The van der Waals surface area contributed by atoms with E-state index in [0.29, 0.717) is 6.54 Å². The molecule has 1 atom stereocenters. The SMILES string of the molecule is CC(Cn1cccn1)NC(=O)c1ccnc(F)c1. The van der Waals surface area contributed by atoms with E-state index in [2.05, 4.69) is 15.4 Å². The van der Waals surface area contributed by atoms with Crippen LogP contribution in [0.5, 0.6) is 0 Å². The number of nitrogens with zero attached hydrogens (tertiary/aromatic N) is 3. The molecule has 0 saturated heterocycles. The summed E-state index contributed by atoms with van der Waals surface area (Å²) in [5, 5.41) is 6.81. The van der Waals surface area contributed by atoms with Gasteiger partial charge in [-0.1, -0.05) is 0 Å². The Labute approximate surface area is 104 Å². The van der Waals surface area contributed by atoms with Crippen LogP contribution in [-0.2, 0) is 6.54 Å². The monoisotopic (exact) mass is 248 g/mol. The zero-order valence-electron chi connectivity index (χ0n) is 9.88. The van der Waals surface area contributed by atoms with Crippen LogP contribution in [0.4, 0.5) is 4.39 Å². The van der Waals surface area contributed by atoms with Crippen molar-refractivity contribution in [3.05, 3.63) is 48.3 Å². The van der Waals surface area contributed by atoms with Gasteiger partial charge in [0.25, 0.3) is 5.91 Å². The number of carbonyl (C=O) groups is 1. The summed E-state index contributed by atoms with van der Waals surface area (Å²) >= 11 is 0. The number of hydrogen-bond acceptors (Lipinski definition) is 3. The molecule has 0 aliphatic heterocycles. The molecule has 0 aromatic carbocycles. The quantitative estimate of drug-likeness (QED) is 0.828. The molecule has 5 nitrogen and oxygen atoms in total. The first-order valence-electron chi connectivity index (χ1n) is 5.55. The van der Waals surface area contributed by atoms with Crippen molar-refractivity contribution in [2.24, 2.45) is 0 Å². The predicted octanol–water partition coefficient (Wildman–Crippen LogP) is 1.24. The van der Waals surface area contributed by atoms with Crippen molar-refractivity contribution in [3.8, 4) is 0 Å². The maximum atomic E-state index is 12.9. The molecule has 2 heterocycles. The van der Waals surface area contributed by atoms with E-state index in [4.69, 9.17) is 0 Å². The average Bonchev–Trinajstić information content (AvgIpc) is 2.81. The third-order valence-electron chi connectivity index (χ3n) is 2.39. The Hall–Kier alpha value is -2.24. The largest absolute Gasteiger partial charge is 0.348 e. The van der Waals surface area contributed by atoms with Crippen molar-refractivity contribution < 1.29 is 9.18 Å². The van der Waals surface area contributed by atoms with Crippen LogP contribution in [-0.4, -0.2) is 26.7 Å². The first-order chi connectivity index (χ1) is 8.65. The summed E-state index contributed by atoms with van der Waals surface area (Å²) in [5.41, 5.74) is 0.259. The van der Waals surface area contributed by atoms with Gasteiger partial charge < -0.3 is 5.32 Å². The third-order valence-corrected chi connectivity index (χ3v) is 2.39. The Bertz CT molecular complexity index is 527. The van der Waals surface area contributed by atoms with Crippen LogP contribution in [0, 0.1) is 5.95 Å². The molecule has 0 aliphatic carbocycles. The Morgan fingerprint density at radius 2 is 2.39 bits per heavy atom. The number of hydrogen-bond donors (Lipinski definition) is 1. The molecule has 0 aliphatic rings. The van der Waals surface area contributed by atoms with Crippen LogP contribution >= 0.6 is 0 Å². The first kappa shape index (κ1) is 12.2. The molecule has 0 radical (unpaired) electrons. The molecule has 0 spiro atoms. The van der Waals surface area contributed by atoms with Gasteiger partial charge in [0.05, 0.1) is 6.54 Å². The summed E-state index contributed by atoms with van der Waals surface area (Å²) in [7, 11) is 0. The highest BCUT2D eigenvalue weighted by Gasteiger charge is 2.11. The van der Waals surface area contributed by atoms with E-state index < -0.39 is 5.95 Å². The molecule has 1 amide bonds. The van der Waals surface area contributed by atoms with Crippen LogP contribution in [0.2, 0.25) is 0 Å². The molecular formula is C12H13FN4O. The fourth-order valence-corrected chi connectivity index (χ4v) is 1.59. The van der Waals surface area contributed by atoms with Crippen molar-refractivity contribution in [2.45, 2.75) is 19.5 Å². The lowest BCUT2D eigenvalue weighted by atomic mass is 10.2. The number of rotatable bonds is 4. The van der Waals surface area contributed by atoms with Crippen LogP contribution < -0.4 is 5.32 Å². The van der Waals surface area contributed by atoms with Gasteiger partial charge in [-0.05, 0) is 19.1 Å². The van der Waals surface area contributed by atoms with E-state index in [9.17, 15) is 9.18 Å². The number of aromatic nitrogens is 3. The highest BCUT2D eigenvalue weighted by Crippen LogP contribution is 2.01. The lowest BCUT2D eigenvalue weighted by molar-refractivity contribution is 0.0935. The van der Waals surface area contributed by atoms with Gasteiger partial charge in [0.1, 0.15) is 0 Å². The van der Waals surface area contributed by atoms with Crippen molar-refractivity contribution in [3.63, 3.8) is 0 Å². The fraction of sp³-hybridized carbons (Fsp3) is 0.250. The number of amides is 1. The Balaban J connectivity index is 1.95. The minimum atomic E-state index is -0.664. The van der Waals surface area contributed by atoms with Crippen LogP contribution in [0.15, 0.2) is 36.8 Å². The Morgan fingerprint density at radius 1 is 1.56 bits per heavy atom. The molecule has 0 fully saturated rings. The smallest absolute Gasteiger partial charge is 0.251 e. The van der Waals surface area contributed by atoms with Gasteiger partial charge in [-0.15, -0.1) is 0 Å². The van der Waals surface area contributed by atoms with Gasteiger partial charge >= 0.3 is 0 Å². The fourth-order valence-electron chi connectivity index (χ4n) is 1.59. The number of carbonyl (C=O) groups excluding carboxylic acids is 1. The minimum absolute atomic E-state index is 0.103. The summed E-state index contributed by atoms with van der Waals surface area (Å²) in [6.07, 6.45) is 4.75. The molecule has 1 unspecified atom stereocenters. The second kappa shape index (κ2) is 5.39. The average molecular weight is 248 g/mol. The molecule has 18 heavy (non-hydrogen) atoms. The molecule has 1 N–H and O–H groups in total. The molecule has 0 saturated carbocycles. The summed E-state index contributed by atoms with van der Waals surface area (Å²) in [6, 6.07) is 4.29. The van der Waals surface area contributed by atoms with E-state index in [0.717, 1.165) is 6.07 Å². The molecule has 2 aromatic heterocycles. The van der Waals surface area contributed by atoms with E-state index >= 15 is 0 Å². The van der Waals surface area contributed by atoms with E-state index in [1.54, 1.807) is 10.9 Å². The number of halogens is 1. The van der Waals surface area contributed by atoms with E-state index in [1.165, 1.54) is 12.3 Å². The summed E-state index contributed by atoms with van der Waals surface area (Å²) in [5.74, 6) is -0.988. The zero-order chi connectivity index (χ0) is 13.0. The van der Waals surface area contributed by atoms with Crippen molar-refractivity contribution in [2.75, 3.05) is 0 Å². The van der Waals surface area contributed by atoms with E-state index in [1.807, 2.05) is 19.2 Å². The maximum Gasteiger partial charge on any atom is 0.251 e. The van der Waals surface area contributed by atoms with Gasteiger partial charge in [-0.25, -0.2) is 4.98 Å². The predicted molar refractivity (Wildman–Crippen MR) is 63.4 cm³/mol. The first-order valence-corrected chi connectivity index (χ1v) is 5.55. The zero-order valence-corrected chi connectivity index (χ0v) is 9.88. The van der Waals surface area contributed by atoms with Crippen molar-refractivity contribution in [1.82, 2.24) is 20.1 Å². The number of nitrogens with one attached hydrogen (secondary N) is 1. The second-order valence-electron chi connectivity index (χ2n) is 3.97. The summed E-state index contributed by atoms with van der Waals surface area (Å²) in [4.78, 5) is 15.2. The van der Waals surface area contributed by atoms with Crippen LogP contribution in [0.25, 0.3) is 0 Å². The molecule has 2 rings (SSSR count). The Morgan fingerprint density at radius 3 is 3.06 bits per heavy atom. The normalized spacial score (nSPS) is 12.1. The molecule has 94 valence electrons. The van der Waals surface area contributed by atoms with Crippen molar-refractivity contribution >= 4 is 5.91 Å². The highest BCUT2D eigenvalue weighted by atomic mass is 19.1. The lowest BCUT2D eigenvalue weighted by Gasteiger charge is -2.13. The van der Waals surface area contributed by atoms with Crippen molar-refractivity contribution in [1.29, 1.82) is 0 Å². The summed E-state index contributed by atoms with van der Waals surface area (Å²) in [6.45, 7) is 2.42. The van der Waals surface area contributed by atoms with Gasteiger partial charge in [-0.2, -0.15) is 9.49 Å².